The molecule has 0 spiro atoms. The molecule has 1 amide bonds. The minimum atomic E-state index is 0.106. The number of benzene rings is 1. The number of halogens is 1. The van der Waals surface area contributed by atoms with Gasteiger partial charge in [-0.15, -0.1) is 11.6 Å². The molecule has 0 atom stereocenters. The monoisotopic (exact) mass is 253 g/mol. The lowest BCUT2D eigenvalue weighted by Crippen LogP contribution is -2.22. The van der Waals surface area contributed by atoms with Crippen molar-refractivity contribution >= 4 is 17.5 Å². The number of carbonyl (C=O) groups excluding carboxylic acids is 1. The van der Waals surface area contributed by atoms with Gasteiger partial charge in [0, 0.05) is 18.8 Å². The molecule has 0 saturated heterocycles. The van der Waals surface area contributed by atoms with E-state index in [1.807, 2.05) is 0 Å². The molecule has 2 nitrogen and oxygen atoms in total. The Hall–Kier alpha value is -1.02. The number of unbranched alkanes of at least 4 members (excludes halogenated alkanes) is 1. The van der Waals surface area contributed by atoms with Crippen molar-refractivity contribution in [3.05, 3.63) is 35.4 Å². The Morgan fingerprint density at radius 3 is 2.41 bits per heavy atom. The maximum absolute atomic E-state index is 11.5. The average molecular weight is 254 g/mol. The van der Waals surface area contributed by atoms with Gasteiger partial charge in [-0.25, -0.2) is 0 Å². The summed E-state index contributed by atoms with van der Waals surface area (Å²) >= 11 is 5.55. The van der Waals surface area contributed by atoms with E-state index in [9.17, 15) is 4.79 Å². The van der Waals surface area contributed by atoms with Crippen LogP contribution in [0.25, 0.3) is 0 Å². The summed E-state index contributed by atoms with van der Waals surface area (Å²) < 4.78 is 0. The molecule has 1 aromatic carbocycles. The zero-order valence-corrected chi connectivity index (χ0v) is 11.1. The standard InChI is InChI=1S/C14H20ClNO/c1-2-12-6-8-13(9-7-12)11-16-14(17)5-3-4-10-15/h6-9H,2-5,10-11H2,1H3,(H,16,17). The molecular weight excluding hydrogens is 234 g/mol. The number of alkyl halides is 1. The van der Waals surface area contributed by atoms with E-state index in [0.717, 1.165) is 24.8 Å². The smallest absolute Gasteiger partial charge is 0.220 e. The van der Waals surface area contributed by atoms with Gasteiger partial charge < -0.3 is 5.32 Å². The number of aryl methyl sites for hydroxylation is 1. The second-order valence-electron chi connectivity index (χ2n) is 4.09. The Labute approximate surface area is 108 Å². The molecule has 0 aromatic heterocycles. The third kappa shape index (κ3) is 5.73. The Balaban J connectivity index is 2.27. The van der Waals surface area contributed by atoms with Crippen LogP contribution in [0.3, 0.4) is 0 Å². The van der Waals surface area contributed by atoms with E-state index in [4.69, 9.17) is 11.6 Å². The highest BCUT2D eigenvalue weighted by molar-refractivity contribution is 6.17. The fourth-order valence-corrected chi connectivity index (χ4v) is 1.75. The van der Waals surface area contributed by atoms with Crippen molar-refractivity contribution in [2.75, 3.05) is 5.88 Å². The fraction of sp³-hybridized carbons (Fsp3) is 0.500. The summed E-state index contributed by atoms with van der Waals surface area (Å²) in [6, 6.07) is 8.35. The Kier molecular flexibility index (Phi) is 6.71. The molecule has 94 valence electrons. The molecule has 0 radical (unpaired) electrons. The van der Waals surface area contributed by atoms with Crippen molar-refractivity contribution in [2.45, 2.75) is 39.2 Å². The number of hydrogen-bond acceptors (Lipinski definition) is 1. The lowest BCUT2D eigenvalue weighted by Gasteiger charge is -2.05. The largest absolute Gasteiger partial charge is 0.352 e. The number of rotatable bonds is 7. The van der Waals surface area contributed by atoms with Crippen molar-refractivity contribution in [1.82, 2.24) is 5.32 Å². The molecule has 17 heavy (non-hydrogen) atoms. The van der Waals surface area contributed by atoms with E-state index in [0.29, 0.717) is 18.8 Å². The SMILES string of the molecule is CCc1ccc(CNC(=O)CCCCCl)cc1. The molecule has 0 fully saturated rings. The van der Waals surface area contributed by atoms with Crippen molar-refractivity contribution in [3.63, 3.8) is 0 Å². The molecule has 1 N–H and O–H groups in total. The predicted molar refractivity (Wildman–Crippen MR) is 72.2 cm³/mol. The molecule has 0 bridgehead atoms. The van der Waals surface area contributed by atoms with Gasteiger partial charge in [0.25, 0.3) is 0 Å². The average Bonchev–Trinajstić information content (AvgIpc) is 2.37. The van der Waals surface area contributed by atoms with E-state index < -0.39 is 0 Å². The number of amides is 1. The normalized spacial score (nSPS) is 10.2. The predicted octanol–water partition coefficient (Wildman–Crippen LogP) is 3.27. The number of nitrogens with one attached hydrogen (secondary N) is 1. The molecule has 0 aliphatic carbocycles. The van der Waals surface area contributed by atoms with Crippen molar-refractivity contribution in [2.24, 2.45) is 0 Å². The second-order valence-corrected chi connectivity index (χ2v) is 4.47. The first kappa shape index (κ1) is 14.0. The van der Waals surface area contributed by atoms with Gasteiger partial charge in [-0.05, 0) is 30.4 Å². The van der Waals surface area contributed by atoms with Crippen LogP contribution in [-0.2, 0) is 17.8 Å². The maximum Gasteiger partial charge on any atom is 0.220 e. The lowest BCUT2D eigenvalue weighted by atomic mass is 10.1. The lowest BCUT2D eigenvalue weighted by molar-refractivity contribution is -0.121. The summed E-state index contributed by atoms with van der Waals surface area (Å²) in [7, 11) is 0. The quantitative estimate of drug-likeness (QED) is 0.587. The summed E-state index contributed by atoms with van der Waals surface area (Å²) in [5.41, 5.74) is 2.47. The highest BCUT2D eigenvalue weighted by Gasteiger charge is 2.00. The van der Waals surface area contributed by atoms with Crippen LogP contribution >= 0.6 is 11.6 Å². The van der Waals surface area contributed by atoms with Gasteiger partial charge in [0.1, 0.15) is 0 Å². The number of hydrogen-bond donors (Lipinski definition) is 1. The molecule has 0 heterocycles. The first-order chi connectivity index (χ1) is 8.26. The van der Waals surface area contributed by atoms with Gasteiger partial charge >= 0.3 is 0 Å². The third-order valence-electron chi connectivity index (χ3n) is 2.71. The molecule has 1 aromatic rings. The van der Waals surface area contributed by atoms with Crippen LogP contribution in [0.4, 0.5) is 0 Å². The van der Waals surface area contributed by atoms with Gasteiger partial charge in [-0.3, -0.25) is 4.79 Å². The Bertz CT molecular complexity index is 335. The van der Waals surface area contributed by atoms with Crippen LogP contribution in [0.5, 0.6) is 0 Å². The van der Waals surface area contributed by atoms with E-state index in [2.05, 4.69) is 36.5 Å². The van der Waals surface area contributed by atoms with Crippen LogP contribution in [0, 0.1) is 0 Å². The van der Waals surface area contributed by atoms with Crippen LogP contribution in [0.2, 0.25) is 0 Å². The van der Waals surface area contributed by atoms with Crippen LogP contribution in [0.1, 0.15) is 37.3 Å². The van der Waals surface area contributed by atoms with Gasteiger partial charge in [0.15, 0.2) is 0 Å². The molecule has 0 saturated carbocycles. The van der Waals surface area contributed by atoms with Crippen LogP contribution in [0.15, 0.2) is 24.3 Å². The van der Waals surface area contributed by atoms with E-state index >= 15 is 0 Å². The molecule has 1 rings (SSSR count). The fourth-order valence-electron chi connectivity index (χ4n) is 1.56. The molecule has 0 unspecified atom stereocenters. The zero-order chi connectivity index (χ0) is 12.5. The Morgan fingerprint density at radius 1 is 1.18 bits per heavy atom. The zero-order valence-electron chi connectivity index (χ0n) is 10.3. The second kappa shape index (κ2) is 8.13. The summed E-state index contributed by atoms with van der Waals surface area (Å²) in [6.45, 7) is 2.75. The molecule has 0 aliphatic heterocycles. The summed E-state index contributed by atoms with van der Waals surface area (Å²) in [5, 5.41) is 2.91. The number of carbonyl (C=O) groups is 1. The highest BCUT2D eigenvalue weighted by Crippen LogP contribution is 2.05. The van der Waals surface area contributed by atoms with E-state index in [1.165, 1.54) is 5.56 Å². The maximum atomic E-state index is 11.5. The summed E-state index contributed by atoms with van der Waals surface area (Å²) in [6.07, 6.45) is 3.38. The topological polar surface area (TPSA) is 29.1 Å². The molecular formula is C14H20ClNO. The Morgan fingerprint density at radius 2 is 1.82 bits per heavy atom. The van der Waals surface area contributed by atoms with E-state index in [1.54, 1.807) is 0 Å². The third-order valence-corrected chi connectivity index (χ3v) is 2.98. The van der Waals surface area contributed by atoms with E-state index in [-0.39, 0.29) is 5.91 Å². The molecule has 3 heteroatoms. The van der Waals surface area contributed by atoms with Gasteiger partial charge in [0.2, 0.25) is 5.91 Å². The van der Waals surface area contributed by atoms with Crippen molar-refractivity contribution in [1.29, 1.82) is 0 Å². The van der Waals surface area contributed by atoms with Crippen molar-refractivity contribution in [3.8, 4) is 0 Å². The summed E-state index contributed by atoms with van der Waals surface area (Å²) in [4.78, 5) is 11.5. The van der Waals surface area contributed by atoms with Gasteiger partial charge in [-0.2, -0.15) is 0 Å². The summed E-state index contributed by atoms with van der Waals surface area (Å²) in [5.74, 6) is 0.737. The van der Waals surface area contributed by atoms with Crippen LogP contribution in [-0.4, -0.2) is 11.8 Å². The minimum absolute atomic E-state index is 0.106. The van der Waals surface area contributed by atoms with Crippen molar-refractivity contribution < 1.29 is 4.79 Å². The van der Waals surface area contributed by atoms with Crippen LogP contribution < -0.4 is 5.32 Å². The minimum Gasteiger partial charge on any atom is -0.352 e. The first-order valence-electron chi connectivity index (χ1n) is 6.16. The van der Waals surface area contributed by atoms with Gasteiger partial charge in [0.05, 0.1) is 0 Å². The molecule has 0 aliphatic rings. The highest BCUT2D eigenvalue weighted by atomic mass is 35.5. The first-order valence-corrected chi connectivity index (χ1v) is 6.70. The van der Waals surface area contributed by atoms with Gasteiger partial charge in [-0.1, -0.05) is 31.2 Å².